The van der Waals surface area contributed by atoms with E-state index in [1.165, 1.54) is 0 Å². The summed E-state index contributed by atoms with van der Waals surface area (Å²) >= 11 is 0. The van der Waals surface area contributed by atoms with Crippen LogP contribution in [0.5, 0.6) is 0 Å². The first kappa shape index (κ1) is 10.9. The molecule has 1 aliphatic heterocycles. The average Bonchev–Trinajstić information content (AvgIpc) is 2.92. The lowest BCUT2D eigenvalue weighted by atomic mass is 10.4. The molecule has 1 fully saturated rings. The predicted molar refractivity (Wildman–Crippen MR) is 47.7 cm³/mol. The van der Waals surface area contributed by atoms with Gasteiger partial charge in [0.25, 0.3) is 0 Å². The van der Waals surface area contributed by atoms with Gasteiger partial charge in [0.2, 0.25) is 0 Å². The van der Waals surface area contributed by atoms with Gasteiger partial charge in [0.15, 0.2) is 0 Å². The number of epoxide rings is 1. The van der Waals surface area contributed by atoms with Gasteiger partial charge in [-0.05, 0) is 13.3 Å². The third-order valence-electron chi connectivity index (χ3n) is 1.77. The Hall–Kier alpha value is -0.160. The Morgan fingerprint density at radius 2 is 2.38 bits per heavy atom. The minimum absolute atomic E-state index is 0.114. The maximum absolute atomic E-state index is 8.49. The molecule has 0 amide bonds. The van der Waals surface area contributed by atoms with Gasteiger partial charge >= 0.3 is 0 Å². The van der Waals surface area contributed by atoms with Crippen LogP contribution in [0.1, 0.15) is 13.3 Å². The van der Waals surface area contributed by atoms with Crippen molar-refractivity contribution in [3.05, 3.63) is 0 Å². The van der Waals surface area contributed by atoms with Crippen LogP contribution in [0.3, 0.4) is 0 Å². The quantitative estimate of drug-likeness (QED) is 0.438. The highest BCUT2D eigenvalue weighted by molar-refractivity contribution is 4.68. The van der Waals surface area contributed by atoms with Crippen LogP contribution in [0.15, 0.2) is 0 Å². The Labute approximate surface area is 78.8 Å². The molecule has 1 N–H and O–H groups in total. The minimum atomic E-state index is 0.114. The van der Waals surface area contributed by atoms with Crippen molar-refractivity contribution in [2.75, 3.05) is 33.0 Å². The van der Waals surface area contributed by atoms with E-state index in [0.717, 1.165) is 6.61 Å². The van der Waals surface area contributed by atoms with Gasteiger partial charge in [-0.1, -0.05) is 0 Å². The highest BCUT2D eigenvalue weighted by Gasteiger charge is 2.23. The van der Waals surface area contributed by atoms with E-state index in [0.29, 0.717) is 32.3 Å². The van der Waals surface area contributed by atoms with Crippen LogP contribution in [0.25, 0.3) is 0 Å². The van der Waals surface area contributed by atoms with Gasteiger partial charge in [0, 0.05) is 13.2 Å². The number of aliphatic hydroxyl groups is 1. The predicted octanol–water partition coefficient (Wildman–Crippen LogP) is 0.189. The molecule has 2 atom stereocenters. The standard InChI is InChI=1S/C9H18O4/c1-8(5-11-4-2-3-10)12-6-9-7-13-9/h8-10H,2-7H2,1H3. The molecule has 13 heavy (non-hydrogen) atoms. The molecule has 0 aromatic heterocycles. The van der Waals surface area contributed by atoms with Crippen molar-refractivity contribution in [3.8, 4) is 0 Å². The van der Waals surface area contributed by atoms with E-state index in [4.69, 9.17) is 19.3 Å². The van der Waals surface area contributed by atoms with Gasteiger partial charge in [-0.15, -0.1) is 0 Å². The van der Waals surface area contributed by atoms with Gasteiger partial charge in [-0.25, -0.2) is 0 Å². The summed E-state index contributed by atoms with van der Waals surface area (Å²) in [6, 6.07) is 0. The lowest BCUT2D eigenvalue weighted by molar-refractivity contribution is -0.0140. The summed E-state index contributed by atoms with van der Waals surface area (Å²) in [5, 5.41) is 8.49. The number of hydrogen-bond acceptors (Lipinski definition) is 4. The van der Waals surface area contributed by atoms with E-state index < -0.39 is 0 Å². The number of ether oxygens (including phenoxy) is 3. The minimum Gasteiger partial charge on any atom is -0.396 e. The van der Waals surface area contributed by atoms with Crippen LogP contribution in [-0.2, 0) is 14.2 Å². The van der Waals surface area contributed by atoms with Crippen LogP contribution in [0.2, 0.25) is 0 Å². The number of aliphatic hydroxyl groups excluding tert-OH is 1. The summed E-state index contributed by atoms with van der Waals surface area (Å²) in [5.74, 6) is 0. The smallest absolute Gasteiger partial charge is 0.104 e. The van der Waals surface area contributed by atoms with Crippen molar-refractivity contribution in [2.45, 2.75) is 25.6 Å². The summed E-state index contributed by atoms with van der Waals surface area (Å²) in [4.78, 5) is 0. The molecule has 0 radical (unpaired) electrons. The molecule has 1 saturated heterocycles. The average molecular weight is 190 g/mol. The molecule has 4 nitrogen and oxygen atoms in total. The fourth-order valence-corrected chi connectivity index (χ4v) is 0.900. The van der Waals surface area contributed by atoms with E-state index in [9.17, 15) is 0 Å². The molecule has 1 rings (SSSR count). The molecular formula is C9H18O4. The Kier molecular flexibility index (Phi) is 5.31. The second-order valence-corrected chi connectivity index (χ2v) is 3.25. The van der Waals surface area contributed by atoms with Crippen molar-refractivity contribution >= 4 is 0 Å². The van der Waals surface area contributed by atoms with Gasteiger partial charge in [-0.2, -0.15) is 0 Å². The second-order valence-electron chi connectivity index (χ2n) is 3.25. The van der Waals surface area contributed by atoms with Crippen molar-refractivity contribution in [2.24, 2.45) is 0 Å². The van der Waals surface area contributed by atoms with E-state index >= 15 is 0 Å². The Morgan fingerprint density at radius 1 is 1.62 bits per heavy atom. The lowest BCUT2D eigenvalue weighted by Crippen LogP contribution is -2.19. The Bertz CT molecular complexity index is 125. The van der Waals surface area contributed by atoms with Crippen LogP contribution in [-0.4, -0.2) is 50.3 Å². The first-order valence-electron chi connectivity index (χ1n) is 4.74. The normalized spacial score (nSPS) is 23.1. The van der Waals surface area contributed by atoms with Crippen molar-refractivity contribution in [1.29, 1.82) is 0 Å². The van der Waals surface area contributed by atoms with Gasteiger partial charge in [0.1, 0.15) is 6.10 Å². The molecule has 0 saturated carbocycles. The third kappa shape index (κ3) is 5.99. The second kappa shape index (κ2) is 6.32. The van der Waals surface area contributed by atoms with Crippen LogP contribution < -0.4 is 0 Å². The zero-order chi connectivity index (χ0) is 9.52. The van der Waals surface area contributed by atoms with Crippen LogP contribution in [0.4, 0.5) is 0 Å². The van der Waals surface area contributed by atoms with Gasteiger partial charge < -0.3 is 19.3 Å². The summed E-state index contributed by atoms with van der Waals surface area (Å²) in [6.45, 7) is 4.85. The highest BCUT2D eigenvalue weighted by Crippen LogP contribution is 2.09. The molecule has 0 aromatic rings. The summed E-state index contributed by atoms with van der Waals surface area (Å²) in [5.41, 5.74) is 0. The zero-order valence-electron chi connectivity index (χ0n) is 8.07. The van der Waals surface area contributed by atoms with Crippen molar-refractivity contribution < 1.29 is 19.3 Å². The van der Waals surface area contributed by atoms with Crippen LogP contribution in [0, 0.1) is 0 Å². The largest absolute Gasteiger partial charge is 0.396 e. The number of rotatable bonds is 8. The molecule has 0 aliphatic carbocycles. The summed E-state index contributed by atoms with van der Waals surface area (Å²) < 4.78 is 15.7. The van der Waals surface area contributed by atoms with E-state index in [2.05, 4.69) is 0 Å². The zero-order valence-corrected chi connectivity index (χ0v) is 8.07. The van der Waals surface area contributed by atoms with Gasteiger partial charge in [0.05, 0.1) is 25.9 Å². The molecule has 78 valence electrons. The molecular weight excluding hydrogens is 172 g/mol. The molecule has 1 heterocycles. The molecule has 0 spiro atoms. The molecule has 1 aliphatic rings. The number of hydrogen-bond donors (Lipinski definition) is 1. The van der Waals surface area contributed by atoms with E-state index in [1.807, 2.05) is 6.92 Å². The first-order chi connectivity index (χ1) is 6.33. The first-order valence-corrected chi connectivity index (χ1v) is 4.74. The topological polar surface area (TPSA) is 51.2 Å². The molecule has 4 heteroatoms. The maximum Gasteiger partial charge on any atom is 0.104 e. The third-order valence-corrected chi connectivity index (χ3v) is 1.77. The van der Waals surface area contributed by atoms with Gasteiger partial charge in [-0.3, -0.25) is 0 Å². The van der Waals surface area contributed by atoms with Crippen molar-refractivity contribution in [3.63, 3.8) is 0 Å². The summed E-state index contributed by atoms with van der Waals surface area (Å²) in [7, 11) is 0. The molecule has 0 aromatic carbocycles. The monoisotopic (exact) mass is 190 g/mol. The maximum atomic E-state index is 8.49. The summed E-state index contributed by atoms with van der Waals surface area (Å²) in [6.07, 6.45) is 1.13. The van der Waals surface area contributed by atoms with Crippen LogP contribution >= 0.6 is 0 Å². The van der Waals surface area contributed by atoms with E-state index in [-0.39, 0.29) is 12.7 Å². The fourth-order valence-electron chi connectivity index (χ4n) is 0.900. The molecule has 2 unspecified atom stereocenters. The Balaban J connectivity index is 1.81. The fraction of sp³-hybridized carbons (Fsp3) is 1.00. The lowest BCUT2D eigenvalue weighted by Gasteiger charge is -2.12. The Morgan fingerprint density at radius 3 is 3.00 bits per heavy atom. The van der Waals surface area contributed by atoms with E-state index in [1.54, 1.807) is 0 Å². The highest BCUT2D eigenvalue weighted by atomic mass is 16.6. The SMILES string of the molecule is CC(COCCCO)OCC1CO1. The van der Waals surface area contributed by atoms with Crippen molar-refractivity contribution in [1.82, 2.24) is 0 Å². The molecule has 0 bridgehead atoms.